The SMILES string of the molecule is COc1cccc(C(=O)CCC(=O)Nc2ccnc(C)c2)c1. The van der Waals surface area contributed by atoms with Gasteiger partial charge in [0.2, 0.25) is 5.91 Å². The number of hydrogen-bond donors (Lipinski definition) is 1. The van der Waals surface area contributed by atoms with E-state index < -0.39 is 0 Å². The van der Waals surface area contributed by atoms with Gasteiger partial charge < -0.3 is 10.1 Å². The molecule has 5 heteroatoms. The molecule has 0 fully saturated rings. The molecule has 0 aliphatic carbocycles. The lowest BCUT2D eigenvalue weighted by molar-refractivity contribution is -0.116. The van der Waals surface area contributed by atoms with Gasteiger partial charge in [-0.15, -0.1) is 0 Å². The van der Waals surface area contributed by atoms with Crippen LogP contribution >= 0.6 is 0 Å². The van der Waals surface area contributed by atoms with E-state index in [1.807, 2.05) is 6.92 Å². The smallest absolute Gasteiger partial charge is 0.224 e. The van der Waals surface area contributed by atoms with Crippen LogP contribution in [0.2, 0.25) is 0 Å². The predicted molar refractivity (Wildman–Crippen MR) is 84.2 cm³/mol. The van der Waals surface area contributed by atoms with Gasteiger partial charge in [0.25, 0.3) is 0 Å². The molecular formula is C17H18N2O3. The lowest BCUT2D eigenvalue weighted by atomic mass is 10.1. The number of aryl methyl sites for hydroxylation is 1. The minimum Gasteiger partial charge on any atom is -0.497 e. The van der Waals surface area contributed by atoms with Crippen LogP contribution in [0.3, 0.4) is 0 Å². The van der Waals surface area contributed by atoms with Crippen LogP contribution in [-0.4, -0.2) is 23.8 Å². The molecule has 0 saturated carbocycles. The number of rotatable bonds is 6. The van der Waals surface area contributed by atoms with Gasteiger partial charge in [-0.1, -0.05) is 12.1 Å². The lowest BCUT2D eigenvalue weighted by Gasteiger charge is -2.06. The molecule has 0 saturated heterocycles. The summed E-state index contributed by atoms with van der Waals surface area (Å²) in [6, 6.07) is 10.4. The Morgan fingerprint density at radius 2 is 2.00 bits per heavy atom. The summed E-state index contributed by atoms with van der Waals surface area (Å²) in [6.45, 7) is 1.85. The van der Waals surface area contributed by atoms with Crippen molar-refractivity contribution in [2.75, 3.05) is 12.4 Å². The first-order valence-corrected chi connectivity index (χ1v) is 6.98. The predicted octanol–water partition coefficient (Wildman–Crippen LogP) is 3.00. The number of methoxy groups -OCH3 is 1. The number of Topliss-reactive ketones (excluding diaryl/α,β-unsaturated/α-hetero) is 1. The van der Waals surface area contributed by atoms with E-state index >= 15 is 0 Å². The van der Waals surface area contributed by atoms with Crippen LogP contribution in [0.15, 0.2) is 42.6 Å². The average Bonchev–Trinajstić information content (AvgIpc) is 2.52. The topological polar surface area (TPSA) is 68.3 Å². The van der Waals surface area contributed by atoms with E-state index in [2.05, 4.69) is 10.3 Å². The van der Waals surface area contributed by atoms with Crippen LogP contribution in [0.25, 0.3) is 0 Å². The molecular weight excluding hydrogens is 280 g/mol. The van der Waals surface area contributed by atoms with Crippen molar-refractivity contribution in [3.63, 3.8) is 0 Å². The van der Waals surface area contributed by atoms with Gasteiger partial charge >= 0.3 is 0 Å². The molecule has 1 aromatic carbocycles. The minimum absolute atomic E-state index is 0.0834. The summed E-state index contributed by atoms with van der Waals surface area (Å²) < 4.78 is 5.08. The van der Waals surface area contributed by atoms with E-state index in [9.17, 15) is 9.59 Å². The molecule has 1 aromatic heterocycles. The van der Waals surface area contributed by atoms with Crippen molar-refractivity contribution in [1.82, 2.24) is 4.98 Å². The fourth-order valence-electron chi connectivity index (χ4n) is 2.01. The lowest BCUT2D eigenvalue weighted by Crippen LogP contribution is -2.13. The van der Waals surface area contributed by atoms with Gasteiger partial charge in [-0.05, 0) is 31.2 Å². The average molecular weight is 298 g/mol. The van der Waals surface area contributed by atoms with E-state index in [4.69, 9.17) is 4.74 Å². The van der Waals surface area contributed by atoms with Crippen molar-refractivity contribution in [1.29, 1.82) is 0 Å². The van der Waals surface area contributed by atoms with Crippen molar-refractivity contribution in [2.24, 2.45) is 0 Å². The highest BCUT2D eigenvalue weighted by Crippen LogP contribution is 2.15. The quantitative estimate of drug-likeness (QED) is 0.832. The highest BCUT2D eigenvalue weighted by atomic mass is 16.5. The van der Waals surface area contributed by atoms with Crippen molar-refractivity contribution >= 4 is 17.4 Å². The van der Waals surface area contributed by atoms with E-state index in [1.165, 1.54) is 0 Å². The molecule has 0 spiro atoms. The Balaban J connectivity index is 1.89. The van der Waals surface area contributed by atoms with Crippen LogP contribution in [0.1, 0.15) is 28.9 Å². The summed E-state index contributed by atoms with van der Waals surface area (Å²) >= 11 is 0. The molecule has 0 atom stereocenters. The summed E-state index contributed by atoms with van der Waals surface area (Å²) in [5.41, 5.74) is 2.06. The number of anilines is 1. The second-order valence-corrected chi connectivity index (χ2v) is 4.89. The Labute approximate surface area is 129 Å². The third-order valence-corrected chi connectivity index (χ3v) is 3.15. The summed E-state index contributed by atoms with van der Waals surface area (Å²) in [5, 5.41) is 2.76. The molecule has 0 aliphatic heterocycles. The molecule has 1 heterocycles. The van der Waals surface area contributed by atoms with Crippen LogP contribution in [-0.2, 0) is 4.79 Å². The molecule has 22 heavy (non-hydrogen) atoms. The molecule has 5 nitrogen and oxygen atoms in total. The first-order chi connectivity index (χ1) is 10.6. The number of nitrogens with zero attached hydrogens (tertiary/aromatic N) is 1. The Bertz CT molecular complexity index is 683. The number of pyridine rings is 1. The second-order valence-electron chi connectivity index (χ2n) is 4.89. The molecule has 1 N–H and O–H groups in total. The van der Waals surface area contributed by atoms with Crippen molar-refractivity contribution in [2.45, 2.75) is 19.8 Å². The Hall–Kier alpha value is -2.69. The summed E-state index contributed by atoms with van der Waals surface area (Å²) in [7, 11) is 1.55. The van der Waals surface area contributed by atoms with Crippen molar-refractivity contribution in [3.8, 4) is 5.75 Å². The number of ether oxygens (including phenoxy) is 1. The number of nitrogens with one attached hydrogen (secondary N) is 1. The van der Waals surface area contributed by atoms with Crippen molar-refractivity contribution in [3.05, 3.63) is 53.9 Å². The number of aromatic nitrogens is 1. The van der Waals surface area contributed by atoms with E-state index in [0.717, 1.165) is 5.69 Å². The maximum Gasteiger partial charge on any atom is 0.224 e. The standard InChI is InChI=1S/C17H18N2O3/c1-12-10-14(8-9-18-12)19-17(21)7-6-16(20)13-4-3-5-15(11-13)22-2/h3-5,8-11H,6-7H2,1-2H3,(H,18,19,21). The molecule has 0 aliphatic rings. The summed E-state index contributed by atoms with van der Waals surface area (Å²) in [6.07, 6.45) is 1.92. The Morgan fingerprint density at radius 1 is 1.18 bits per heavy atom. The maximum absolute atomic E-state index is 12.1. The first kappa shape index (κ1) is 15.7. The van der Waals surface area contributed by atoms with Gasteiger partial charge in [0, 0.05) is 36.0 Å². The Morgan fingerprint density at radius 3 is 2.73 bits per heavy atom. The van der Waals surface area contributed by atoms with Gasteiger partial charge in [0.05, 0.1) is 7.11 Å². The monoisotopic (exact) mass is 298 g/mol. The van der Waals surface area contributed by atoms with E-state index in [0.29, 0.717) is 17.0 Å². The molecule has 2 rings (SSSR count). The zero-order valence-corrected chi connectivity index (χ0v) is 12.6. The first-order valence-electron chi connectivity index (χ1n) is 6.98. The number of amides is 1. The van der Waals surface area contributed by atoms with Crippen LogP contribution in [0.5, 0.6) is 5.75 Å². The zero-order chi connectivity index (χ0) is 15.9. The van der Waals surface area contributed by atoms with E-state index in [-0.39, 0.29) is 24.5 Å². The molecule has 0 unspecified atom stereocenters. The maximum atomic E-state index is 12.1. The number of benzene rings is 1. The van der Waals surface area contributed by atoms with Gasteiger partial charge in [-0.3, -0.25) is 14.6 Å². The van der Waals surface area contributed by atoms with Gasteiger partial charge in [-0.25, -0.2) is 0 Å². The molecule has 0 radical (unpaired) electrons. The summed E-state index contributed by atoms with van der Waals surface area (Å²) in [4.78, 5) is 28.0. The van der Waals surface area contributed by atoms with E-state index in [1.54, 1.807) is 49.7 Å². The number of carbonyl (C=O) groups is 2. The van der Waals surface area contributed by atoms with Crippen LogP contribution in [0.4, 0.5) is 5.69 Å². The molecule has 114 valence electrons. The number of hydrogen-bond acceptors (Lipinski definition) is 4. The molecule has 0 bridgehead atoms. The number of ketones is 1. The highest BCUT2D eigenvalue weighted by Gasteiger charge is 2.10. The fourth-order valence-corrected chi connectivity index (χ4v) is 2.01. The fraction of sp³-hybridized carbons (Fsp3) is 0.235. The third-order valence-electron chi connectivity index (χ3n) is 3.15. The summed E-state index contributed by atoms with van der Waals surface area (Å²) in [5.74, 6) is 0.351. The number of carbonyl (C=O) groups excluding carboxylic acids is 2. The molecule has 2 aromatic rings. The van der Waals surface area contributed by atoms with Crippen LogP contribution < -0.4 is 10.1 Å². The second kappa shape index (κ2) is 7.36. The molecule has 1 amide bonds. The largest absolute Gasteiger partial charge is 0.497 e. The van der Waals surface area contributed by atoms with Gasteiger partial charge in [0.1, 0.15) is 5.75 Å². The zero-order valence-electron chi connectivity index (χ0n) is 12.6. The van der Waals surface area contributed by atoms with Crippen LogP contribution in [0, 0.1) is 6.92 Å². The normalized spacial score (nSPS) is 10.1. The highest BCUT2D eigenvalue weighted by molar-refractivity contribution is 6.00. The minimum atomic E-state index is -0.193. The van der Waals surface area contributed by atoms with Crippen molar-refractivity contribution < 1.29 is 14.3 Å². The van der Waals surface area contributed by atoms with Gasteiger partial charge in [0.15, 0.2) is 5.78 Å². The van der Waals surface area contributed by atoms with Gasteiger partial charge in [-0.2, -0.15) is 0 Å². The third kappa shape index (κ3) is 4.41. The Kier molecular flexibility index (Phi) is 5.25.